The van der Waals surface area contributed by atoms with E-state index < -0.39 is 0 Å². The van der Waals surface area contributed by atoms with Crippen LogP contribution in [-0.4, -0.2) is 34.2 Å². The molecule has 3 rings (SSSR count). The molecule has 0 unspecified atom stereocenters. The first-order valence-corrected chi connectivity index (χ1v) is 8.29. The zero-order valence-corrected chi connectivity index (χ0v) is 13.8. The van der Waals surface area contributed by atoms with Gasteiger partial charge in [-0.3, -0.25) is 0 Å². The van der Waals surface area contributed by atoms with Crippen molar-refractivity contribution in [3.63, 3.8) is 0 Å². The van der Waals surface area contributed by atoms with E-state index >= 15 is 0 Å². The molecule has 4 nitrogen and oxygen atoms in total. The summed E-state index contributed by atoms with van der Waals surface area (Å²) < 4.78 is 0. The third-order valence-electron chi connectivity index (χ3n) is 4.67. The Morgan fingerprint density at radius 1 is 0.875 bits per heavy atom. The first-order valence-electron chi connectivity index (χ1n) is 8.29. The molecule has 1 saturated heterocycles. The lowest BCUT2D eigenvalue weighted by Gasteiger charge is -2.23. The summed E-state index contributed by atoms with van der Waals surface area (Å²) in [6.45, 7) is 3.13. The van der Waals surface area contributed by atoms with E-state index in [1.807, 2.05) is 77.4 Å². The molecule has 0 radical (unpaired) electrons. The summed E-state index contributed by atoms with van der Waals surface area (Å²) in [5.74, 6) is 0. The van der Waals surface area contributed by atoms with E-state index in [1.165, 1.54) is 0 Å². The maximum atomic E-state index is 12.9. The third kappa shape index (κ3) is 3.32. The highest BCUT2D eigenvalue weighted by atomic mass is 16.2. The number of nitrogens with zero attached hydrogens (tertiary/aromatic N) is 2. The second kappa shape index (κ2) is 7.30. The van der Waals surface area contributed by atoms with E-state index in [-0.39, 0.29) is 18.1 Å². The minimum atomic E-state index is -0.0843. The molecule has 0 spiro atoms. The Labute approximate surface area is 142 Å². The van der Waals surface area contributed by atoms with Crippen molar-refractivity contribution < 1.29 is 9.59 Å². The summed E-state index contributed by atoms with van der Waals surface area (Å²) in [5, 5.41) is 0. The molecule has 2 aromatic rings. The van der Waals surface area contributed by atoms with Crippen molar-refractivity contribution in [3.8, 4) is 0 Å². The summed E-state index contributed by atoms with van der Waals surface area (Å²) in [4.78, 5) is 27.8. The number of carbonyl (C=O) groups excluding carboxylic acids is 2. The van der Waals surface area contributed by atoms with E-state index in [0.717, 1.165) is 17.4 Å². The Hall–Kier alpha value is -2.62. The number of hydrogen-bond acceptors (Lipinski definition) is 2. The minimum Gasteiger partial charge on any atom is -0.316 e. The van der Waals surface area contributed by atoms with Crippen molar-refractivity contribution in [3.05, 3.63) is 71.8 Å². The van der Waals surface area contributed by atoms with Gasteiger partial charge in [0.2, 0.25) is 0 Å². The second-order valence-electron chi connectivity index (χ2n) is 6.22. The fourth-order valence-corrected chi connectivity index (χ4v) is 3.33. The predicted octanol–water partition coefficient (Wildman–Crippen LogP) is 3.47. The van der Waals surface area contributed by atoms with Gasteiger partial charge in [0.15, 0.2) is 0 Å². The summed E-state index contributed by atoms with van der Waals surface area (Å²) in [5.41, 5.74) is 2.18. The first-order chi connectivity index (χ1) is 11.7. The van der Waals surface area contributed by atoms with Crippen LogP contribution in [0.3, 0.4) is 0 Å². The predicted molar refractivity (Wildman–Crippen MR) is 93.3 cm³/mol. The zero-order valence-electron chi connectivity index (χ0n) is 13.8. The van der Waals surface area contributed by atoms with Gasteiger partial charge < -0.3 is 14.6 Å². The number of hydrogen-bond donors (Lipinski definition) is 0. The number of rotatable bonds is 6. The van der Waals surface area contributed by atoms with E-state index in [4.69, 9.17) is 0 Å². The molecular formula is C20H22N2O2. The molecule has 2 amide bonds. The molecule has 0 N–H and O–H groups in total. The first kappa shape index (κ1) is 16.2. The third-order valence-corrected chi connectivity index (χ3v) is 4.67. The van der Waals surface area contributed by atoms with Gasteiger partial charge in [-0.15, -0.1) is 0 Å². The van der Waals surface area contributed by atoms with Crippen LogP contribution >= 0.6 is 0 Å². The highest BCUT2D eigenvalue weighted by Crippen LogP contribution is 2.28. The topological polar surface area (TPSA) is 40.6 Å². The fourth-order valence-electron chi connectivity index (χ4n) is 3.33. The largest absolute Gasteiger partial charge is 0.321 e. The molecule has 0 saturated carbocycles. The zero-order chi connectivity index (χ0) is 16.9. The Balaban J connectivity index is 1.81. The van der Waals surface area contributed by atoms with Crippen molar-refractivity contribution >= 4 is 12.3 Å². The van der Waals surface area contributed by atoms with Crippen LogP contribution in [0.25, 0.3) is 0 Å². The average Bonchev–Trinajstić information content (AvgIpc) is 2.82. The lowest BCUT2D eigenvalue weighted by molar-refractivity contribution is -0.108. The van der Waals surface area contributed by atoms with E-state index in [2.05, 4.69) is 0 Å². The van der Waals surface area contributed by atoms with Gasteiger partial charge >= 0.3 is 6.03 Å². The molecule has 0 aromatic heterocycles. The van der Waals surface area contributed by atoms with Crippen LogP contribution in [0.1, 0.15) is 24.5 Å². The Morgan fingerprint density at radius 3 is 1.88 bits per heavy atom. The van der Waals surface area contributed by atoms with Crippen molar-refractivity contribution in [2.45, 2.75) is 38.5 Å². The van der Waals surface area contributed by atoms with Crippen molar-refractivity contribution in [2.75, 3.05) is 0 Å². The maximum absolute atomic E-state index is 12.9. The summed E-state index contributed by atoms with van der Waals surface area (Å²) in [6.07, 6.45) is 1.28. The number of benzene rings is 2. The van der Waals surface area contributed by atoms with E-state index in [0.29, 0.717) is 19.5 Å². The van der Waals surface area contributed by atoms with Gasteiger partial charge in [0, 0.05) is 19.5 Å². The molecule has 124 valence electrons. The van der Waals surface area contributed by atoms with Crippen molar-refractivity contribution in [2.24, 2.45) is 0 Å². The highest BCUT2D eigenvalue weighted by Gasteiger charge is 2.42. The summed E-state index contributed by atoms with van der Waals surface area (Å²) in [7, 11) is 0. The monoisotopic (exact) mass is 322 g/mol. The Bertz CT molecular complexity index is 687. The van der Waals surface area contributed by atoms with E-state index in [9.17, 15) is 9.59 Å². The van der Waals surface area contributed by atoms with Crippen molar-refractivity contribution in [1.29, 1.82) is 0 Å². The summed E-state index contributed by atoms with van der Waals surface area (Å²) >= 11 is 0. The maximum Gasteiger partial charge on any atom is 0.321 e. The lowest BCUT2D eigenvalue weighted by atomic mass is 10.1. The van der Waals surface area contributed by atoms with Gasteiger partial charge in [0.25, 0.3) is 0 Å². The molecule has 2 atom stereocenters. The molecule has 2 aromatic carbocycles. The van der Waals surface area contributed by atoms with Crippen LogP contribution < -0.4 is 0 Å². The van der Waals surface area contributed by atoms with Gasteiger partial charge in [0.05, 0.1) is 12.1 Å². The molecule has 0 aliphatic carbocycles. The summed E-state index contributed by atoms with van der Waals surface area (Å²) in [6, 6.07) is 19.8. The van der Waals surface area contributed by atoms with Gasteiger partial charge in [-0.25, -0.2) is 4.79 Å². The fraction of sp³-hybridized carbons (Fsp3) is 0.300. The van der Waals surface area contributed by atoms with Crippen molar-refractivity contribution in [1.82, 2.24) is 9.80 Å². The number of amides is 2. The minimum absolute atomic E-state index is 0.00190. The van der Waals surface area contributed by atoms with Gasteiger partial charge in [-0.05, 0) is 18.1 Å². The molecule has 1 aliphatic rings. The highest BCUT2D eigenvalue weighted by molar-refractivity contribution is 5.78. The normalized spacial score (nSPS) is 20.5. The molecule has 1 heterocycles. The van der Waals surface area contributed by atoms with Gasteiger partial charge in [0.1, 0.15) is 6.29 Å². The number of carbonyl (C=O) groups is 2. The average molecular weight is 322 g/mol. The van der Waals surface area contributed by atoms with Gasteiger partial charge in [-0.1, -0.05) is 60.7 Å². The number of aldehydes is 1. The van der Waals surface area contributed by atoms with Gasteiger partial charge in [-0.2, -0.15) is 0 Å². The smallest absolute Gasteiger partial charge is 0.316 e. The Kier molecular flexibility index (Phi) is 4.94. The van der Waals surface area contributed by atoms with Crippen LogP contribution in [0.4, 0.5) is 4.79 Å². The molecular weight excluding hydrogens is 300 g/mol. The molecule has 1 aliphatic heterocycles. The lowest BCUT2D eigenvalue weighted by Crippen LogP contribution is -2.35. The van der Waals surface area contributed by atoms with Crippen LogP contribution in [-0.2, 0) is 17.9 Å². The van der Waals surface area contributed by atoms with Crippen LogP contribution in [0, 0.1) is 0 Å². The van der Waals surface area contributed by atoms with Crippen LogP contribution in [0.5, 0.6) is 0 Å². The van der Waals surface area contributed by atoms with Crippen LogP contribution in [0.15, 0.2) is 60.7 Å². The van der Waals surface area contributed by atoms with E-state index in [1.54, 1.807) is 0 Å². The number of urea groups is 1. The second-order valence-corrected chi connectivity index (χ2v) is 6.22. The molecule has 1 fully saturated rings. The Morgan fingerprint density at radius 2 is 1.38 bits per heavy atom. The quantitative estimate of drug-likeness (QED) is 0.764. The molecule has 4 heteroatoms. The standard InChI is InChI=1S/C20H22N2O2/c1-16-19(12-13-23)22(15-18-10-6-3-7-11-18)20(24)21(16)14-17-8-4-2-5-9-17/h2-11,13,16,19H,12,14-15H2,1H3/t16-,19+/m0/s1. The molecule has 24 heavy (non-hydrogen) atoms. The molecule has 0 bridgehead atoms. The van der Waals surface area contributed by atoms with Crippen LogP contribution in [0.2, 0.25) is 0 Å². The SMILES string of the molecule is C[C@H]1[C@@H](CC=O)N(Cc2ccccc2)C(=O)N1Cc1ccccc1.